The van der Waals surface area contributed by atoms with Crippen LogP contribution in [0.1, 0.15) is 29.6 Å². The number of carbonyl (C=O) groups excluding carboxylic acids is 1. The smallest absolute Gasteiger partial charge is 0.253 e. The second-order valence-corrected chi connectivity index (χ2v) is 7.86. The molecule has 1 fully saturated rings. The van der Waals surface area contributed by atoms with Crippen molar-refractivity contribution in [3.63, 3.8) is 0 Å². The van der Waals surface area contributed by atoms with E-state index in [0.29, 0.717) is 17.6 Å². The van der Waals surface area contributed by atoms with Crippen molar-refractivity contribution >= 4 is 27.8 Å². The monoisotopic (exact) mass is 399 g/mol. The first-order valence-electron chi connectivity index (χ1n) is 10.6. The van der Waals surface area contributed by atoms with Gasteiger partial charge in [0.2, 0.25) is 0 Å². The average Bonchev–Trinajstić information content (AvgIpc) is 3.23. The molecule has 1 saturated heterocycles. The summed E-state index contributed by atoms with van der Waals surface area (Å²) >= 11 is 0. The number of aromatic amines is 1. The molecule has 0 bridgehead atoms. The maximum absolute atomic E-state index is 13.1. The number of benzene rings is 2. The summed E-state index contributed by atoms with van der Waals surface area (Å²) in [4.78, 5) is 28.0. The number of aromatic nitrogens is 3. The Kier molecular flexibility index (Phi) is 5.15. The summed E-state index contributed by atoms with van der Waals surface area (Å²) in [5.41, 5.74) is 4.07. The van der Waals surface area contributed by atoms with Gasteiger partial charge in [-0.3, -0.25) is 9.78 Å². The fraction of sp³-hybridized carbons (Fsp3) is 0.292. The minimum Gasteiger partial charge on any atom is -0.351 e. The standard InChI is InChI=1S/C24H25N5O/c30-24(26-11-14-29-12-4-1-5-13-29)19-16-18(15-17-7-6-10-25-22(17)19)23-27-20-8-2-3-9-21(20)28-23/h2-3,6-10,15-16H,1,4-5,11-14H2,(H,26,30)(H,27,28). The van der Waals surface area contributed by atoms with E-state index in [-0.39, 0.29) is 5.91 Å². The number of nitrogens with one attached hydrogen (secondary N) is 2. The van der Waals surface area contributed by atoms with Crippen molar-refractivity contribution < 1.29 is 4.79 Å². The predicted molar refractivity (Wildman–Crippen MR) is 119 cm³/mol. The average molecular weight is 399 g/mol. The lowest BCUT2D eigenvalue weighted by Crippen LogP contribution is -2.37. The molecule has 2 aromatic carbocycles. The van der Waals surface area contributed by atoms with Crippen LogP contribution in [0.25, 0.3) is 33.3 Å². The third-order valence-corrected chi connectivity index (χ3v) is 5.77. The van der Waals surface area contributed by atoms with Crippen LogP contribution in [0.3, 0.4) is 0 Å². The highest BCUT2D eigenvalue weighted by molar-refractivity contribution is 6.07. The molecule has 6 heteroatoms. The van der Waals surface area contributed by atoms with Crippen molar-refractivity contribution in [2.24, 2.45) is 0 Å². The number of H-pyrrole nitrogens is 1. The molecule has 1 aliphatic rings. The topological polar surface area (TPSA) is 73.9 Å². The first-order chi connectivity index (χ1) is 14.8. The zero-order valence-corrected chi connectivity index (χ0v) is 16.9. The summed E-state index contributed by atoms with van der Waals surface area (Å²) < 4.78 is 0. The summed E-state index contributed by atoms with van der Waals surface area (Å²) in [6.07, 6.45) is 5.55. The summed E-state index contributed by atoms with van der Waals surface area (Å²) in [5, 5.41) is 4.02. The molecule has 2 aromatic heterocycles. The van der Waals surface area contributed by atoms with Crippen molar-refractivity contribution in [1.82, 2.24) is 25.2 Å². The summed E-state index contributed by atoms with van der Waals surface area (Å²) in [5.74, 6) is 0.665. The maximum atomic E-state index is 13.1. The highest BCUT2D eigenvalue weighted by Gasteiger charge is 2.16. The van der Waals surface area contributed by atoms with Crippen LogP contribution in [0.4, 0.5) is 0 Å². The van der Waals surface area contributed by atoms with E-state index in [4.69, 9.17) is 4.98 Å². The number of likely N-dealkylation sites (tertiary alicyclic amines) is 1. The van der Waals surface area contributed by atoms with Crippen LogP contribution in [0.2, 0.25) is 0 Å². The van der Waals surface area contributed by atoms with Gasteiger partial charge in [-0.05, 0) is 56.3 Å². The number of nitrogens with zero attached hydrogens (tertiary/aromatic N) is 3. The van der Waals surface area contributed by atoms with E-state index < -0.39 is 0 Å². The highest BCUT2D eigenvalue weighted by atomic mass is 16.1. The van der Waals surface area contributed by atoms with Crippen LogP contribution in [-0.2, 0) is 0 Å². The zero-order chi connectivity index (χ0) is 20.3. The van der Waals surface area contributed by atoms with Crippen molar-refractivity contribution in [3.8, 4) is 11.4 Å². The van der Waals surface area contributed by atoms with Crippen LogP contribution < -0.4 is 5.32 Å². The molecule has 0 aliphatic carbocycles. The van der Waals surface area contributed by atoms with Crippen molar-refractivity contribution in [1.29, 1.82) is 0 Å². The molecule has 0 radical (unpaired) electrons. The number of hydrogen-bond donors (Lipinski definition) is 2. The first kappa shape index (κ1) is 18.8. The van der Waals surface area contributed by atoms with Gasteiger partial charge in [0, 0.05) is 30.2 Å². The van der Waals surface area contributed by atoms with Gasteiger partial charge in [-0.25, -0.2) is 4.98 Å². The number of rotatable bonds is 5. The molecule has 1 amide bonds. The third-order valence-electron chi connectivity index (χ3n) is 5.77. The van der Waals surface area contributed by atoms with E-state index in [2.05, 4.69) is 20.2 Å². The van der Waals surface area contributed by atoms with E-state index in [0.717, 1.165) is 47.4 Å². The maximum Gasteiger partial charge on any atom is 0.253 e. The molecule has 152 valence electrons. The number of para-hydroxylation sites is 2. The lowest BCUT2D eigenvalue weighted by atomic mass is 10.0. The van der Waals surface area contributed by atoms with Gasteiger partial charge < -0.3 is 15.2 Å². The quantitative estimate of drug-likeness (QED) is 0.532. The fourth-order valence-electron chi connectivity index (χ4n) is 4.20. The Labute approximate surface area is 175 Å². The van der Waals surface area contributed by atoms with Crippen LogP contribution in [0.5, 0.6) is 0 Å². The lowest BCUT2D eigenvalue weighted by molar-refractivity contribution is 0.0948. The Bertz CT molecular complexity index is 1160. The van der Waals surface area contributed by atoms with Gasteiger partial charge in [-0.1, -0.05) is 24.6 Å². The van der Waals surface area contributed by atoms with E-state index >= 15 is 0 Å². The SMILES string of the molecule is O=C(NCCN1CCCCC1)c1cc(-c2nc3ccccc3[nH]2)cc2cccnc12. The molecule has 1 aliphatic heterocycles. The van der Waals surface area contributed by atoms with Gasteiger partial charge in [-0.15, -0.1) is 0 Å². The lowest BCUT2D eigenvalue weighted by Gasteiger charge is -2.26. The molecule has 30 heavy (non-hydrogen) atoms. The van der Waals surface area contributed by atoms with Crippen LogP contribution in [0, 0.1) is 0 Å². The Hall–Kier alpha value is -3.25. The molecule has 0 spiro atoms. The van der Waals surface area contributed by atoms with Crippen molar-refractivity contribution in [2.75, 3.05) is 26.2 Å². The Balaban J connectivity index is 1.43. The summed E-state index contributed by atoms with van der Waals surface area (Å²) in [6.45, 7) is 3.78. The van der Waals surface area contributed by atoms with Crippen LogP contribution in [-0.4, -0.2) is 51.9 Å². The van der Waals surface area contributed by atoms with E-state index in [1.807, 2.05) is 48.5 Å². The molecule has 6 nitrogen and oxygen atoms in total. The number of hydrogen-bond acceptors (Lipinski definition) is 4. The van der Waals surface area contributed by atoms with Gasteiger partial charge in [0.25, 0.3) is 5.91 Å². The first-order valence-corrected chi connectivity index (χ1v) is 10.6. The van der Waals surface area contributed by atoms with Crippen molar-refractivity contribution in [2.45, 2.75) is 19.3 Å². The Morgan fingerprint density at radius 3 is 2.80 bits per heavy atom. The van der Waals surface area contributed by atoms with Gasteiger partial charge in [0.1, 0.15) is 5.82 Å². The van der Waals surface area contributed by atoms with Crippen LogP contribution in [0.15, 0.2) is 54.7 Å². The molecular weight excluding hydrogens is 374 g/mol. The zero-order valence-electron chi connectivity index (χ0n) is 16.9. The highest BCUT2D eigenvalue weighted by Crippen LogP contribution is 2.27. The second-order valence-electron chi connectivity index (χ2n) is 7.86. The number of amides is 1. The minimum absolute atomic E-state index is 0.0892. The Morgan fingerprint density at radius 1 is 1.07 bits per heavy atom. The molecular formula is C24H25N5O. The van der Waals surface area contributed by atoms with Crippen molar-refractivity contribution in [3.05, 3.63) is 60.3 Å². The second kappa shape index (κ2) is 8.24. The minimum atomic E-state index is -0.0892. The molecule has 0 atom stereocenters. The normalized spacial score (nSPS) is 14.9. The van der Waals surface area contributed by atoms with Gasteiger partial charge in [0.05, 0.1) is 22.1 Å². The number of carbonyl (C=O) groups is 1. The number of imidazole rings is 1. The van der Waals surface area contributed by atoms with Crippen LogP contribution >= 0.6 is 0 Å². The van der Waals surface area contributed by atoms with E-state index in [1.165, 1.54) is 19.3 Å². The number of pyridine rings is 1. The molecule has 3 heterocycles. The molecule has 0 unspecified atom stereocenters. The summed E-state index contributed by atoms with van der Waals surface area (Å²) in [7, 11) is 0. The summed E-state index contributed by atoms with van der Waals surface area (Å²) in [6, 6.07) is 15.7. The van der Waals surface area contributed by atoms with E-state index in [9.17, 15) is 4.79 Å². The van der Waals surface area contributed by atoms with Gasteiger partial charge in [-0.2, -0.15) is 0 Å². The third kappa shape index (κ3) is 3.78. The largest absolute Gasteiger partial charge is 0.351 e. The predicted octanol–water partition coefficient (Wildman–Crippen LogP) is 3.99. The molecule has 4 aromatic rings. The van der Waals surface area contributed by atoms with Gasteiger partial charge >= 0.3 is 0 Å². The number of fused-ring (bicyclic) bond motifs is 2. The fourth-order valence-corrected chi connectivity index (χ4v) is 4.20. The van der Waals surface area contributed by atoms with E-state index in [1.54, 1.807) is 6.20 Å². The molecule has 2 N–H and O–H groups in total. The molecule has 5 rings (SSSR count). The number of piperidine rings is 1. The Morgan fingerprint density at radius 2 is 1.93 bits per heavy atom. The molecule has 0 saturated carbocycles. The van der Waals surface area contributed by atoms with Gasteiger partial charge in [0.15, 0.2) is 0 Å².